The van der Waals surface area contributed by atoms with E-state index in [2.05, 4.69) is 15.6 Å². The number of benzene rings is 2. The molecule has 30 heavy (non-hydrogen) atoms. The summed E-state index contributed by atoms with van der Waals surface area (Å²) in [7, 11) is 1.89. The number of aryl methyl sites for hydroxylation is 2. The Morgan fingerprint density at radius 2 is 1.90 bits per heavy atom. The van der Waals surface area contributed by atoms with Gasteiger partial charge in [-0.25, -0.2) is 4.39 Å². The van der Waals surface area contributed by atoms with Crippen molar-refractivity contribution in [2.75, 3.05) is 12.4 Å². The number of anilines is 2. The van der Waals surface area contributed by atoms with E-state index in [0.717, 1.165) is 39.0 Å². The lowest BCUT2D eigenvalue weighted by molar-refractivity contribution is 0.587. The Morgan fingerprint density at radius 3 is 2.57 bits per heavy atom. The van der Waals surface area contributed by atoms with Crippen LogP contribution in [0.4, 0.5) is 15.8 Å². The van der Waals surface area contributed by atoms with E-state index in [1.807, 2.05) is 45.3 Å². The van der Waals surface area contributed by atoms with Crippen molar-refractivity contribution >= 4 is 33.6 Å². The van der Waals surface area contributed by atoms with Crippen molar-refractivity contribution in [2.45, 2.75) is 25.3 Å². The number of fused-ring (bicyclic) bond motifs is 1. The van der Waals surface area contributed by atoms with Crippen molar-refractivity contribution in [1.82, 2.24) is 14.3 Å². The normalized spacial score (nSPS) is 12.3. The minimum absolute atomic E-state index is 0.247. The van der Waals surface area contributed by atoms with E-state index in [4.69, 9.17) is 0 Å². The highest BCUT2D eigenvalue weighted by Gasteiger charge is 2.20. The van der Waals surface area contributed by atoms with Gasteiger partial charge in [-0.2, -0.15) is 3.97 Å². The molecule has 2 aromatic heterocycles. The molecule has 2 N–H and O–H groups in total. The molecule has 4 rings (SSSR count). The highest BCUT2D eigenvalue weighted by molar-refractivity contribution is 7.90. The predicted molar refractivity (Wildman–Crippen MR) is 120 cm³/mol. The first kappa shape index (κ1) is 20.4. The van der Waals surface area contributed by atoms with Gasteiger partial charge in [0, 0.05) is 29.5 Å². The number of nitrogens with one attached hydrogen (secondary N) is 2. The Bertz CT molecular complexity index is 1170. The Kier molecular flexibility index (Phi) is 5.76. The van der Waals surface area contributed by atoms with Gasteiger partial charge in [0.05, 0.1) is 12.4 Å². The van der Waals surface area contributed by atoms with Gasteiger partial charge in [-0.3, -0.25) is 4.98 Å². The fourth-order valence-electron chi connectivity index (χ4n) is 3.63. The second-order valence-corrected chi connectivity index (χ2v) is 8.58. The topological polar surface area (TPSA) is 64.9 Å². The molecule has 0 aliphatic rings. The third-order valence-corrected chi connectivity index (χ3v) is 6.31. The first-order chi connectivity index (χ1) is 14.5. The molecule has 0 spiro atoms. The van der Waals surface area contributed by atoms with Crippen LogP contribution in [0.5, 0.6) is 0 Å². The van der Waals surface area contributed by atoms with Crippen molar-refractivity contribution in [3.63, 3.8) is 0 Å². The van der Waals surface area contributed by atoms with Crippen molar-refractivity contribution in [1.29, 1.82) is 0 Å². The van der Waals surface area contributed by atoms with Crippen LogP contribution in [0, 0.1) is 19.7 Å². The molecule has 0 saturated heterocycles. The van der Waals surface area contributed by atoms with Gasteiger partial charge >= 0.3 is 0 Å². The Balaban J connectivity index is 1.79. The van der Waals surface area contributed by atoms with Crippen molar-refractivity contribution < 1.29 is 8.94 Å². The van der Waals surface area contributed by atoms with Gasteiger partial charge in [0.2, 0.25) is 0 Å². The predicted octanol–water partition coefficient (Wildman–Crippen LogP) is 4.83. The van der Waals surface area contributed by atoms with E-state index in [1.54, 1.807) is 28.5 Å². The lowest BCUT2D eigenvalue weighted by Gasteiger charge is -2.14. The molecule has 154 valence electrons. The number of nitrogens with zero attached hydrogens (tertiary/aromatic N) is 2. The van der Waals surface area contributed by atoms with E-state index in [1.165, 1.54) is 12.1 Å². The zero-order valence-corrected chi connectivity index (χ0v) is 17.9. The van der Waals surface area contributed by atoms with Gasteiger partial charge in [-0.1, -0.05) is 6.07 Å². The van der Waals surface area contributed by atoms with Crippen molar-refractivity contribution in [2.24, 2.45) is 0 Å². The SMILES string of the molecule is CNCc1cn([S+]([O-])c2cccnc2)c2cc(Nc3c(C)cc(F)cc3C)ccc12. The molecule has 1 unspecified atom stereocenters. The molecule has 0 aliphatic carbocycles. The summed E-state index contributed by atoms with van der Waals surface area (Å²) in [5, 5.41) is 7.59. The van der Waals surface area contributed by atoms with Gasteiger partial charge in [-0.15, -0.1) is 0 Å². The maximum Gasteiger partial charge on any atom is 0.198 e. The number of pyridine rings is 1. The Morgan fingerprint density at radius 1 is 1.13 bits per heavy atom. The molecule has 2 aromatic carbocycles. The molecule has 0 radical (unpaired) electrons. The Labute approximate surface area is 178 Å². The van der Waals surface area contributed by atoms with E-state index in [0.29, 0.717) is 11.4 Å². The molecular weight excluding hydrogens is 399 g/mol. The van der Waals surface area contributed by atoms with Crippen LogP contribution in [-0.4, -0.2) is 20.6 Å². The van der Waals surface area contributed by atoms with E-state index >= 15 is 0 Å². The lowest BCUT2D eigenvalue weighted by atomic mass is 10.1. The molecule has 1 atom stereocenters. The zero-order valence-electron chi connectivity index (χ0n) is 17.1. The maximum atomic E-state index is 13.7. The summed E-state index contributed by atoms with van der Waals surface area (Å²) in [5.41, 5.74) is 5.29. The third kappa shape index (κ3) is 3.92. The van der Waals surface area contributed by atoms with Gasteiger partial charge in [0.15, 0.2) is 4.90 Å². The molecule has 2 heterocycles. The highest BCUT2D eigenvalue weighted by Crippen LogP contribution is 2.31. The zero-order chi connectivity index (χ0) is 21.3. The fraction of sp³-hybridized carbons (Fsp3) is 0.174. The average Bonchev–Trinajstić information content (AvgIpc) is 3.09. The first-order valence-corrected chi connectivity index (χ1v) is 10.7. The average molecular weight is 423 g/mol. The van der Waals surface area contributed by atoms with Crippen LogP contribution in [0.1, 0.15) is 16.7 Å². The highest BCUT2D eigenvalue weighted by atomic mass is 32.2. The lowest BCUT2D eigenvalue weighted by Crippen LogP contribution is -2.12. The van der Waals surface area contributed by atoms with Crippen LogP contribution in [0.2, 0.25) is 0 Å². The van der Waals surface area contributed by atoms with Gasteiger partial charge in [0.25, 0.3) is 0 Å². The summed E-state index contributed by atoms with van der Waals surface area (Å²) in [6.07, 6.45) is 5.20. The van der Waals surface area contributed by atoms with Crippen molar-refractivity contribution in [3.8, 4) is 0 Å². The van der Waals surface area contributed by atoms with Crippen LogP contribution in [-0.2, 0) is 17.9 Å². The second kappa shape index (κ2) is 8.47. The molecular formula is C23H23FN4OS. The summed E-state index contributed by atoms with van der Waals surface area (Å²) in [6, 6.07) is 12.6. The summed E-state index contributed by atoms with van der Waals surface area (Å²) in [6.45, 7) is 4.42. The van der Waals surface area contributed by atoms with Crippen LogP contribution in [0.15, 0.2) is 66.0 Å². The maximum absolute atomic E-state index is 13.7. The van der Waals surface area contributed by atoms with E-state index < -0.39 is 11.4 Å². The van der Waals surface area contributed by atoms with Crippen LogP contribution >= 0.6 is 0 Å². The monoisotopic (exact) mass is 422 g/mol. The molecule has 0 fully saturated rings. The molecule has 5 nitrogen and oxygen atoms in total. The van der Waals surface area contributed by atoms with Crippen LogP contribution < -0.4 is 10.6 Å². The number of halogens is 1. The third-order valence-electron chi connectivity index (χ3n) is 5.00. The minimum atomic E-state index is -1.42. The first-order valence-electron chi connectivity index (χ1n) is 9.62. The standard InChI is InChI=1S/C23H23FN4OS/c1-15-9-18(24)10-16(2)23(15)27-19-6-7-21-17(12-25-3)14-28(22(21)11-19)30(29)20-5-4-8-26-13-20/h4-11,13-14,25,27H,12H2,1-3H3. The van der Waals surface area contributed by atoms with E-state index in [-0.39, 0.29) is 5.82 Å². The van der Waals surface area contributed by atoms with E-state index in [9.17, 15) is 8.94 Å². The molecule has 0 saturated carbocycles. The largest absolute Gasteiger partial charge is 0.587 e. The smallest absolute Gasteiger partial charge is 0.198 e. The van der Waals surface area contributed by atoms with Crippen LogP contribution in [0.25, 0.3) is 10.9 Å². The van der Waals surface area contributed by atoms with Crippen LogP contribution in [0.3, 0.4) is 0 Å². The van der Waals surface area contributed by atoms with Gasteiger partial charge in [0.1, 0.15) is 22.7 Å². The molecule has 7 heteroatoms. The summed E-state index contributed by atoms with van der Waals surface area (Å²) in [5.74, 6) is -0.247. The van der Waals surface area contributed by atoms with Gasteiger partial charge < -0.3 is 15.2 Å². The van der Waals surface area contributed by atoms with Crippen molar-refractivity contribution in [3.05, 3.63) is 83.6 Å². The number of hydrogen-bond acceptors (Lipinski definition) is 4. The molecule has 4 aromatic rings. The summed E-state index contributed by atoms with van der Waals surface area (Å²) < 4.78 is 28.7. The molecule has 0 bridgehead atoms. The van der Waals surface area contributed by atoms with Gasteiger partial charge in [-0.05, 0) is 74.0 Å². The summed E-state index contributed by atoms with van der Waals surface area (Å²) in [4.78, 5) is 4.73. The number of aromatic nitrogens is 2. The molecule has 0 aliphatic heterocycles. The number of rotatable bonds is 6. The number of hydrogen-bond donors (Lipinski definition) is 2. The minimum Gasteiger partial charge on any atom is -0.587 e. The Hall–Kier alpha value is -2.87. The fourth-order valence-corrected chi connectivity index (χ4v) is 4.75. The quantitative estimate of drug-likeness (QED) is 0.437. The summed E-state index contributed by atoms with van der Waals surface area (Å²) >= 11 is -1.42. The molecule has 0 amide bonds. The second-order valence-electron chi connectivity index (χ2n) is 7.22.